The van der Waals surface area contributed by atoms with Gasteiger partial charge in [0.15, 0.2) is 0 Å². The number of aryl methyl sites for hydroxylation is 4. The minimum Gasteiger partial charge on any atom is -0.309 e. The molecule has 170 valence electrons. The van der Waals surface area contributed by atoms with Gasteiger partial charge in [0.25, 0.3) is 11.5 Å². The van der Waals surface area contributed by atoms with Gasteiger partial charge in [-0.25, -0.2) is 15.0 Å². The Balaban J connectivity index is 1.42. The van der Waals surface area contributed by atoms with Crippen LogP contribution in [0.2, 0.25) is 0 Å². The third kappa shape index (κ3) is 4.06. The van der Waals surface area contributed by atoms with Crippen molar-refractivity contribution in [2.24, 2.45) is 5.92 Å². The van der Waals surface area contributed by atoms with Crippen molar-refractivity contribution >= 4 is 33.3 Å². The molecule has 5 rings (SSSR count). The minimum absolute atomic E-state index is 0.138. The standard InChI is InChI=1S/C23H25N7O2S/c1-12-5-6-16-17(7-12)33-21-20(16)22(32)29(11-24-21)10-19(31)27-18-9-15(4)28-30(18)23-25-13(2)8-14(3)26-23/h8-9,11-12H,5-7,10H2,1-4H3,(H,27,31). The number of thiophene rings is 1. The lowest BCUT2D eigenvalue weighted by Gasteiger charge is -2.17. The normalized spacial score (nSPS) is 15.6. The Morgan fingerprint density at radius 1 is 1.18 bits per heavy atom. The monoisotopic (exact) mass is 463 g/mol. The lowest BCUT2D eigenvalue weighted by molar-refractivity contribution is -0.116. The number of amides is 1. The van der Waals surface area contributed by atoms with E-state index in [4.69, 9.17) is 0 Å². The van der Waals surface area contributed by atoms with Crippen LogP contribution < -0.4 is 10.9 Å². The third-order valence-electron chi connectivity index (χ3n) is 5.86. The maximum atomic E-state index is 13.2. The number of anilines is 1. The molecule has 4 aromatic rings. The van der Waals surface area contributed by atoms with Gasteiger partial charge >= 0.3 is 0 Å². The van der Waals surface area contributed by atoms with Crippen LogP contribution in [0.4, 0.5) is 5.82 Å². The first kappa shape index (κ1) is 21.4. The van der Waals surface area contributed by atoms with E-state index in [9.17, 15) is 9.59 Å². The Morgan fingerprint density at radius 2 is 1.94 bits per heavy atom. The van der Waals surface area contributed by atoms with Gasteiger partial charge in [-0.15, -0.1) is 11.3 Å². The van der Waals surface area contributed by atoms with Gasteiger partial charge in [0.2, 0.25) is 5.91 Å². The van der Waals surface area contributed by atoms with Crippen molar-refractivity contribution in [3.8, 4) is 5.95 Å². The van der Waals surface area contributed by atoms with Crippen molar-refractivity contribution in [1.82, 2.24) is 29.3 Å². The Morgan fingerprint density at radius 3 is 2.70 bits per heavy atom. The van der Waals surface area contributed by atoms with Crippen molar-refractivity contribution in [1.29, 1.82) is 0 Å². The molecule has 0 aliphatic heterocycles. The Labute approximate surface area is 194 Å². The van der Waals surface area contributed by atoms with E-state index in [-0.39, 0.29) is 18.0 Å². The first-order chi connectivity index (χ1) is 15.8. The van der Waals surface area contributed by atoms with Crippen LogP contribution in [0.3, 0.4) is 0 Å². The lowest BCUT2D eigenvalue weighted by atomic mass is 9.89. The summed E-state index contributed by atoms with van der Waals surface area (Å²) in [7, 11) is 0. The molecule has 0 fully saturated rings. The van der Waals surface area contributed by atoms with Crippen LogP contribution in [0.15, 0.2) is 23.3 Å². The van der Waals surface area contributed by atoms with Crippen molar-refractivity contribution in [3.63, 3.8) is 0 Å². The molecule has 9 nitrogen and oxygen atoms in total. The minimum atomic E-state index is -0.346. The molecule has 0 radical (unpaired) electrons. The van der Waals surface area contributed by atoms with Gasteiger partial charge in [0, 0.05) is 22.3 Å². The average molecular weight is 464 g/mol. The van der Waals surface area contributed by atoms with E-state index >= 15 is 0 Å². The number of rotatable bonds is 4. The maximum absolute atomic E-state index is 13.2. The summed E-state index contributed by atoms with van der Waals surface area (Å²) >= 11 is 1.60. The fourth-order valence-electron chi connectivity index (χ4n) is 4.36. The topological polar surface area (TPSA) is 108 Å². The Kier molecular flexibility index (Phi) is 5.32. The molecule has 1 aliphatic rings. The second kappa shape index (κ2) is 8.18. The summed E-state index contributed by atoms with van der Waals surface area (Å²) in [4.78, 5) is 41.5. The second-order valence-electron chi connectivity index (χ2n) is 8.79. The van der Waals surface area contributed by atoms with Crippen LogP contribution in [-0.4, -0.2) is 35.2 Å². The summed E-state index contributed by atoms with van der Waals surface area (Å²) in [5.74, 6) is 1.11. The van der Waals surface area contributed by atoms with Gasteiger partial charge in [-0.1, -0.05) is 6.92 Å². The van der Waals surface area contributed by atoms with Gasteiger partial charge in [0.05, 0.1) is 17.4 Å². The lowest BCUT2D eigenvalue weighted by Crippen LogP contribution is -2.29. The largest absolute Gasteiger partial charge is 0.309 e. The zero-order valence-electron chi connectivity index (χ0n) is 19.0. The van der Waals surface area contributed by atoms with E-state index < -0.39 is 0 Å². The number of aromatic nitrogens is 6. The van der Waals surface area contributed by atoms with Crippen molar-refractivity contribution < 1.29 is 4.79 Å². The number of nitrogens with one attached hydrogen (secondary N) is 1. The van der Waals surface area contributed by atoms with Crippen LogP contribution in [0.1, 0.15) is 40.9 Å². The molecule has 0 bridgehead atoms. The average Bonchev–Trinajstić information content (AvgIpc) is 3.29. The number of hydrogen-bond donors (Lipinski definition) is 1. The fourth-order valence-corrected chi connectivity index (χ4v) is 5.70. The van der Waals surface area contributed by atoms with Crippen LogP contribution in [0.25, 0.3) is 16.2 Å². The van der Waals surface area contributed by atoms with Crippen molar-refractivity contribution in [2.75, 3.05) is 5.32 Å². The number of nitrogens with zero attached hydrogens (tertiary/aromatic N) is 6. The summed E-state index contributed by atoms with van der Waals surface area (Å²) in [5, 5.41) is 7.95. The molecule has 33 heavy (non-hydrogen) atoms. The quantitative estimate of drug-likeness (QED) is 0.498. The van der Waals surface area contributed by atoms with Gasteiger partial charge in [-0.3, -0.25) is 14.2 Å². The smallest absolute Gasteiger partial charge is 0.262 e. The SMILES string of the molecule is Cc1cc(C)nc(-n2nc(C)cc2NC(=O)Cn2cnc3sc4c(c3c2=O)CCC(C)C4)n1. The highest BCUT2D eigenvalue weighted by Gasteiger charge is 2.23. The highest BCUT2D eigenvalue weighted by molar-refractivity contribution is 7.18. The Hall–Kier alpha value is -3.40. The molecule has 0 spiro atoms. The van der Waals surface area contributed by atoms with Gasteiger partial charge in [0.1, 0.15) is 17.2 Å². The van der Waals surface area contributed by atoms with E-state index in [0.717, 1.165) is 41.0 Å². The van der Waals surface area contributed by atoms with Crippen LogP contribution in [0, 0.1) is 26.7 Å². The summed E-state index contributed by atoms with van der Waals surface area (Å²) in [6.45, 7) is 7.69. The molecule has 1 unspecified atom stereocenters. The highest BCUT2D eigenvalue weighted by Crippen LogP contribution is 2.35. The number of carbonyl (C=O) groups is 1. The molecule has 1 N–H and O–H groups in total. The number of carbonyl (C=O) groups excluding carboxylic acids is 1. The van der Waals surface area contributed by atoms with E-state index in [2.05, 4.69) is 32.3 Å². The number of fused-ring (bicyclic) bond motifs is 3. The first-order valence-electron chi connectivity index (χ1n) is 11.0. The molecular weight excluding hydrogens is 438 g/mol. The highest BCUT2D eigenvalue weighted by atomic mass is 32.1. The molecule has 0 saturated heterocycles. The molecule has 10 heteroatoms. The van der Waals surface area contributed by atoms with E-state index in [0.29, 0.717) is 28.8 Å². The molecule has 0 saturated carbocycles. The van der Waals surface area contributed by atoms with E-state index in [1.54, 1.807) is 17.4 Å². The molecule has 4 heterocycles. The van der Waals surface area contributed by atoms with Gasteiger partial charge < -0.3 is 5.32 Å². The first-order valence-corrected chi connectivity index (χ1v) is 11.8. The zero-order chi connectivity index (χ0) is 23.3. The molecule has 0 aromatic carbocycles. The van der Waals surface area contributed by atoms with E-state index in [1.807, 2.05) is 26.8 Å². The van der Waals surface area contributed by atoms with Gasteiger partial charge in [-0.2, -0.15) is 9.78 Å². The molecule has 4 aromatic heterocycles. The van der Waals surface area contributed by atoms with Crippen LogP contribution in [0.5, 0.6) is 0 Å². The molecular formula is C23H25N7O2S. The Bertz CT molecular complexity index is 1430. The second-order valence-corrected chi connectivity index (χ2v) is 9.87. The van der Waals surface area contributed by atoms with Crippen LogP contribution >= 0.6 is 11.3 Å². The van der Waals surface area contributed by atoms with Crippen molar-refractivity contribution in [2.45, 2.75) is 53.5 Å². The molecule has 1 atom stereocenters. The summed E-state index contributed by atoms with van der Waals surface area (Å²) in [5.41, 5.74) is 3.28. The molecule has 1 aliphatic carbocycles. The molecule has 1 amide bonds. The predicted molar refractivity (Wildman–Crippen MR) is 127 cm³/mol. The third-order valence-corrected chi connectivity index (χ3v) is 7.02. The van der Waals surface area contributed by atoms with Gasteiger partial charge in [-0.05, 0) is 57.6 Å². The predicted octanol–water partition coefficient (Wildman–Crippen LogP) is 3.12. The summed E-state index contributed by atoms with van der Waals surface area (Å²) < 4.78 is 2.89. The summed E-state index contributed by atoms with van der Waals surface area (Å²) in [6.07, 6.45) is 4.40. The van der Waals surface area contributed by atoms with Crippen LogP contribution in [-0.2, 0) is 24.2 Å². The van der Waals surface area contributed by atoms with E-state index in [1.165, 1.54) is 20.5 Å². The zero-order valence-corrected chi connectivity index (χ0v) is 19.9. The summed E-state index contributed by atoms with van der Waals surface area (Å²) in [6, 6.07) is 3.62. The van der Waals surface area contributed by atoms with Crippen molar-refractivity contribution in [3.05, 3.63) is 56.3 Å². The number of hydrogen-bond acceptors (Lipinski definition) is 7. The maximum Gasteiger partial charge on any atom is 0.262 e. The fraction of sp³-hybridized carbons (Fsp3) is 0.391.